The van der Waals surface area contributed by atoms with Crippen molar-refractivity contribution in [2.24, 2.45) is 28.6 Å². The molecule has 7 nitrogen and oxygen atoms in total. The second kappa shape index (κ2) is 7.81. The number of carbonyl (C=O) groups is 2. The van der Waals surface area contributed by atoms with Crippen molar-refractivity contribution in [3.05, 3.63) is 11.6 Å². The van der Waals surface area contributed by atoms with Gasteiger partial charge in [-0.15, -0.1) is 0 Å². The lowest BCUT2D eigenvalue weighted by Gasteiger charge is -2.65. The lowest BCUT2D eigenvalue weighted by molar-refractivity contribution is -0.279. The minimum atomic E-state index is -1.18. The van der Waals surface area contributed by atoms with E-state index in [0.29, 0.717) is 38.5 Å². The fourth-order valence-corrected chi connectivity index (χ4v) is 8.13. The number of rotatable bonds is 3. The number of hydrogen-bond acceptors (Lipinski definition) is 7. The molecule has 0 amide bonds. The maximum atomic E-state index is 12.4. The van der Waals surface area contributed by atoms with Crippen molar-refractivity contribution in [3.63, 3.8) is 0 Å². The molecule has 0 saturated heterocycles. The van der Waals surface area contributed by atoms with E-state index in [1.165, 1.54) is 13.8 Å². The molecule has 10 atom stereocenters. The topological polar surface area (TPSA) is 113 Å². The van der Waals surface area contributed by atoms with Gasteiger partial charge in [-0.3, -0.25) is 9.59 Å². The van der Waals surface area contributed by atoms with E-state index in [4.69, 9.17) is 9.47 Å². The number of ether oxygens (including phenoxy) is 2. The number of fused-ring (bicyclic) bond motifs is 5. The first-order chi connectivity index (χ1) is 14.9. The maximum absolute atomic E-state index is 12.4. The summed E-state index contributed by atoms with van der Waals surface area (Å²) < 4.78 is 11.9. The van der Waals surface area contributed by atoms with Crippen LogP contribution in [0.3, 0.4) is 0 Å². The molecule has 3 fully saturated rings. The van der Waals surface area contributed by atoms with E-state index >= 15 is 0 Å². The molecule has 4 rings (SSSR count). The summed E-state index contributed by atoms with van der Waals surface area (Å²) in [5, 5.41) is 33.3. The van der Waals surface area contributed by atoms with Gasteiger partial charge in [-0.1, -0.05) is 25.5 Å². The summed E-state index contributed by atoms with van der Waals surface area (Å²) in [5.74, 6) is -1.73. The van der Waals surface area contributed by atoms with Crippen molar-refractivity contribution in [3.8, 4) is 0 Å². The Labute approximate surface area is 190 Å². The van der Waals surface area contributed by atoms with Crippen molar-refractivity contribution in [1.82, 2.24) is 0 Å². The molecule has 3 saturated carbocycles. The molecule has 1 unspecified atom stereocenters. The fourth-order valence-electron chi connectivity index (χ4n) is 8.13. The fraction of sp³-hybridized carbons (Fsp3) is 0.840. The van der Waals surface area contributed by atoms with Crippen molar-refractivity contribution >= 4 is 11.9 Å². The zero-order valence-corrected chi connectivity index (χ0v) is 19.8. The molecular formula is C25H38O7. The van der Waals surface area contributed by atoms with E-state index in [-0.39, 0.29) is 23.2 Å². The van der Waals surface area contributed by atoms with Gasteiger partial charge in [0.1, 0.15) is 12.2 Å². The quantitative estimate of drug-likeness (QED) is 0.447. The lowest BCUT2D eigenvalue weighted by Crippen LogP contribution is -2.72. The van der Waals surface area contributed by atoms with Crippen LogP contribution in [0, 0.1) is 28.6 Å². The standard InChI is InChI=1S/C25H38O7/c1-13(26)18-9-11-25(30)19-7-6-16-12-17(29)8-10-23(16,4)20(19)21(31-14(2)27)22(24(18,25)5)32-15(3)28/h6,13,17-22,26,29-30H,7-12H2,1-5H3/t13?,17-,18+,19+,20+,21-,22+,23-,24-,25-/m0/s1. The van der Waals surface area contributed by atoms with Crippen LogP contribution in [-0.2, 0) is 19.1 Å². The number of hydrogen-bond donors (Lipinski definition) is 3. The summed E-state index contributed by atoms with van der Waals surface area (Å²) in [6.07, 6.45) is 3.04. The van der Waals surface area contributed by atoms with Gasteiger partial charge in [0.25, 0.3) is 0 Å². The first kappa shape index (κ1) is 23.7. The van der Waals surface area contributed by atoms with Crippen molar-refractivity contribution in [2.75, 3.05) is 0 Å². The zero-order valence-electron chi connectivity index (χ0n) is 19.8. The van der Waals surface area contributed by atoms with Crippen LogP contribution in [-0.4, -0.2) is 57.3 Å². The summed E-state index contributed by atoms with van der Waals surface area (Å²) in [7, 11) is 0. The van der Waals surface area contributed by atoms with Gasteiger partial charge in [0.15, 0.2) is 0 Å². The summed E-state index contributed by atoms with van der Waals surface area (Å²) >= 11 is 0. The number of allylic oxidation sites excluding steroid dienone is 1. The molecule has 3 N–H and O–H groups in total. The highest BCUT2D eigenvalue weighted by Gasteiger charge is 2.75. The third-order valence-electron chi connectivity index (χ3n) is 9.55. The molecule has 0 aromatic heterocycles. The van der Waals surface area contributed by atoms with Gasteiger partial charge in [-0.2, -0.15) is 0 Å². The van der Waals surface area contributed by atoms with Gasteiger partial charge in [0.05, 0.1) is 17.8 Å². The Balaban J connectivity index is 1.92. The number of aliphatic hydroxyl groups excluding tert-OH is 2. The summed E-state index contributed by atoms with van der Waals surface area (Å²) in [6, 6.07) is 0. The zero-order chi connectivity index (χ0) is 23.6. The van der Waals surface area contributed by atoms with E-state index < -0.39 is 47.4 Å². The lowest BCUT2D eigenvalue weighted by atomic mass is 9.43. The van der Waals surface area contributed by atoms with Gasteiger partial charge in [-0.25, -0.2) is 0 Å². The summed E-state index contributed by atoms with van der Waals surface area (Å²) in [6.45, 7) is 8.43. The van der Waals surface area contributed by atoms with Gasteiger partial charge < -0.3 is 24.8 Å². The first-order valence-corrected chi connectivity index (χ1v) is 12.0. The van der Waals surface area contributed by atoms with Crippen molar-refractivity contribution in [1.29, 1.82) is 0 Å². The Hall–Kier alpha value is -1.44. The molecule has 0 spiro atoms. The van der Waals surface area contributed by atoms with Gasteiger partial charge in [0.2, 0.25) is 0 Å². The van der Waals surface area contributed by atoms with Crippen molar-refractivity contribution in [2.45, 2.75) is 103 Å². The minimum Gasteiger partial charge on any atom is -0.458 e. The second-order valence-corrected chi connectivity index (χ2v) is 11.1. The Kier molecular flexibility index (Phi) is 5.79. The second-order valence-electron chi connectivity index (χ2n) is 11.1. The normalized spacial score (nSPS) is 48.6. The van der Waals surface area contributed by atoms with Crippen LogP contribution >= 0.6 is 0 Å². The van der Waals surface area contributed by atoms with Gasteiger partial charge in [0, 0.05) is 25.2 Å². The van der Waals surface area contributed by atoms with E-state index in [0.717, 1.165) is 5.57 Å². The largest absolute Gasteiger partial charge is 0.458 e. The van der Waals surface area contributed by atoms with Crippen LogP contribution in [0.25, 0.3) is 0 Å². The predicted molar refractivity (Wildman–Crippen MR) is 116 cm³/mol. The van der Waals surface area contributed by atoms with Gasteiger partial charge >= 0.3 is 11.9 Å². The SMILES string of the molecule is CC(=O)O[C@H]1[C@H]2[C@@H](CC=C3C[C@@H](O)CC[C@@]32C)[C@@]2(O)CC[C@H](C(C)O)[C@@]2(C)[C@@H]1OC(C)=O. The van der Waals surface area contributed by atoms with E-state index in [2.05, 4.69) is 13.0 Å². The molecule has 0 bridgehead atoms. The molecule has 7 heteroatoms. The molecule has 0 aliphatic heterocycles. The molecule has 4 aliphatic rings. The maximum Gasteiger partial charge on any atom is 0.303 e. The Morgan fingerprint density at radius 1 is 1.12 bits per heavy atom. The Morgan fingerprint density at radius 3 is 2.38 bits per heavy atom. The first-order valence-electron chi connectivity index (χ1n) is 12.0. The highest BCUT2D eigenvalue weighted by atomic mass is 16.6. The average Bonchev–Trinajstić information content (AvgIpc) is 2.97. The van der Waals surface area contributed by atoms with Crippen LogP contribution in [0.4, 0.5) is 0 Å². The summed E-state index contributed by atoms with van der Waals surface area (Å²) in [4.78, 5) is 24.6. The number of carbonyl (C=O) groups excluding carboxylic acids is 2. The van der Waals surface area contributed by atoms with E-state index in [1.54, 1.807) is 6.92 Å². The van der Waals surface area contributed by atoms with E-state index in [1.807, 2.05) is 6.92 Å². The van der Waals surface area contributed by atoms with Crippen LogP contribution in [0.15, 0.2) is 11.6 Å². The molecule has 0 radical (unpaired) electrons. The van der Waals surface area contributed by atoms with Crippen LogP contribution in [0.1, 0.15) is 73.1 Å². The Morgan fingerprint density at radius 2 is 1.78 bits per heavy atom. The predicted octanol–water partition coefficient (Wildman–Crippen LogP) is 2.51. The molecule has 32 heavy (non-hydrogen) atoms. The van der Waals surface area contributed by atoms with Gasteiger partial charge in [-0.05, 0) is 62.7 Å². The minimum absolute atomic E-state index is 0.212. The molecule has 180 valence electrons. The van der Waals surface area contributed by atoms with Crippen LogP contribution in [0.5, 0.6) is 0 Å². The molecule has 4 aliphatic carbocycles. The third kappa shape index (κ3) is 3.18. The summed E-state index contributed by atoms with van der Waals surface area (Å²) in [5.41, 5.74) is -1.41. The molecular weight excluding hydrogens is 412 g/mol. The van der Waals surface area contributed by atoms with Crippen molar-refractivity contribution < 1.29 is 34.4 Å². The highest BCUT2D eigenvalue weighted by molar-refractivity contribution is 5.67. The molecule has 0 aromatic rings. The van der Waals surface area contributed by atoms with Crippen LogP contribution < -0.4 is 0 Å². The van der Waals surface area contributed by atoms with E-state index in [9.17, 15) is 24.9 Å². The molecule has 0 heterocycles. The third-order valence-corrected chi connectivity index (χ3v) is 9.55. The monoisotopic (exact) mass is 450 g/mol. The highest BCUT2D eigenvalue weighted by Crippen LogP contribution is 2.69. The number of aliphatic hydroxyl groups is 3. The Bertz CT molecular complexity index is 821. The van der Waals surface area contributed by atoms with Crippen LogP contribution in [0.2, 0.25) is 0 Å². The average molecular weight is 451 g/mol. The number of esters is 2. The smallest absolute Gasteiger partial charge is 0.303 e. The molecule has 0 aromatic carbocycles.